The second kappa shape index (κ2) is 9.66. The average molecular weight is 499 g/mol. The normalized spacial score (nSPS) is 11.8. The van der Waals surface area contributed by atoms with E-state index in [2.05, 4.69) is 26.6 Å². The van der Waals surface area contributed by atoms with E-state index in [9.17, 15) is 4.79 Å². The molecule has 0 aliphatic carbocycles. The highest BCUT2D eigenvalue weighted by Gasteiger charge is 2.23. The van der Waals surface area contributed by atoms with Crippen LogP contribution < -0.4 is 5.32 Å². The highest BCUT2D eigenvalue weighted by Crippen LogP contribution is 2.34. The lowest BCUT2D eigenvalue weighted by molar-refractivity contribution is -0.115. The van der Waals surface area contributed by atoms with Crippen molar-refractivity contribution in [3.8, 4) is 23.1 Å². The number of aromatic amines is 1. The van der Waals surface area contributed by atoms with E-state index >= 15 is 0 Å². The summed E-state index contributed by atoms with van der Waals surface area (Å²) in [6.45, 7) is 1.82. The molecule has 172 valence electrons. The van der Waals surface area contributed by atoms with E-state index in [0.717, 1.165) is 22.2 Å². The fraction of sp³-hybridized carbons (Fsp3) is 0.0769. The van der Waals surface area contributed by atoms with E-state index in [4.69, 9.17) is 16.9 Å². The summed E-state index contributed by atoms with van der Waals surface area (Å²) in [7, 11) is 0. The topological polar surface area (TPSA) is 99.4 Å². The summed E-state index contributed by atoms with van der Waals surface area (Å²) in [5, 5.41) is 22.6. The maximum atomic E-state index is 12.9. The largest absolute Gasteiger partial charge is 0.360 e. The smallest absolute Gasteiger partial charge is 0.237 e. The maximum absolute atomic E-state index is 12.9. The molecule has 0 radical (unpaired) electrons. The quantitative estimate of drug-likeness (QED) is 0.277. The molecular formula is C26H19ClN6OS. The number of halogens is 1. The van der Waals surface area contributed by atoms with Crippen molar-refractivity contribution in [1.29, 1.82) is 5.26 Å². The SMILES string of the molecule is C[C@@H](Sc1nnc(-c2c[nH]c3ccccc23)n1-c1ccc(Cl)cc1)C(=O)Nc1ccc(C#N)cc1. The van der Waals surface area contributed by atoms with Gasteiger partial charge in [0.1, 0.15) is 0 Å². The predicted octanol–water partition coefficient (Wildman–Crippen LogP) is 6.06. The third-order valence-corrected chi connectivity index (χ3v) is 6.78. The van der Waals surface area contributed by atoms with E-state index in [1.165, 1.54) is 11.8 Å². The molecule has 5 aromatic rings. The van der Waals surface area contributed by atoms with Crippen LogP contribution >= 0.6 is 23.4 Å². The molecule has 1 amide bonds. The summed E-state index contributed by atoms with van der Waals surface area (Å²) in [6, 6.07) is 24.2. The van der Waals surface area contributed by atoms with Crippen LogP contribution in [0, 0.1) is 11.3 Å². The van der Waals surface area contributed by atoms with Crippen LogP contribution in [-0.2, 0) is 4.79 Å². The van der Waals surface area contributed by atoms with Crippen LogP contribution in [0.3, 0.4) is 0 Å². The third kappa shape index (κ3) is 4.64. The number of benzene rings is 3. The van der Waals surface area contributed by atoms with Gasteiger partial charge in [-0.05, 0) is 61.5 Å². The van der Waals surface area contributed by atoms with E-state index in [1.807, 2.05) is 66.2 Å². The monoisotopic (exact) mass is 498 g/mol. The van der Waals surface area contributed by atoms with Gasteiger partial charge in [-0.2, -0.15) is 5.26 Å². The summed E-state index contributed by atoms with van der Waals surface area (Å²) < 4.78 is 1.93. The molecule has 1 atom stereocenters. The lowest BCUT2D eigenvalue weighted by atomic mass is 10.1. The number of rotatable bonds is 6. The number of hydrogen-bond donors (Lipinski definition) is 2. The van der Waals surface area contributed by atoms with E-state index in [1.54, 1.807) is 24.3 Å². The Bertz CT molecular complexity index is 1550. The Morgan fingerprint density at radius 2 is 1.83 bits per heavy atom. The van der Waals surface area contributed by atoms with Crippen molar-refractivity contribution in [3.05, 3.63) is 89.6 Å². The molecule has 35 heavy (non-hydrogen) atoms. The fourth-order valence-electron chi connectivity index (χ4n) is 3.68. The Morgan fingerprint density at radius 1 is 1.09 bits per heavy atom. The third-order valence-electron chi connectivity index (χ3n) is 5.48. The van der Waals surface area contributed by atoms with Crippen molar-refractivity contribution in [2.24, 2.45) is 0 Å². The van der Waals surface area contributed by atoms with Gasteiger partial charge >= 0.3 is 0 Å². The number of carbonyl (C=O) groups is 1. The average Bonchev–Trinajstić information content (AvgIpc) is 3.49. The van der Waals surface area contributed by atoms with Crippen LogP contribution in [0.15, 0.2) is 84.1 Å². The van der Waals surface area contributed by atoms with Crippen LogP contribution in [0.4, 0.5) is 5.69 Å². The molecule has 0 saturated heterocycles. The number of H-pyrrole nitrogens is 1. The molecule has 2 heterocycles. The minimum Gasteiger partial charge on any atom is -0.360 e. The number of fused-ring (bicyclic) bond motifs is 1. The van der Waals surface area contributed by atoms with Gasteiger partial charge in [-0.15, -0.1) is 10.2 Å². The number of anilines is 1. The zero-order valence-electron chi connectivity index (χ0n) is 18.6. The van der Waals surface area contributed by atoms with E-state index < -0.39 is 5.25 Å². The van der Waals surface area contributed by atoms with Crippen molar-refractivity contribution in [2.45, 2.75) is 17.3 Å². The first-order valence-corrected chi connectivity index (χ1v) is 12.0. The van der Waals surface area contributed by atoms with Gasteiger partial charge < -0.3 is 10.3 Å². The van der Waals surface area contributed by atoms with Crippen molar-refractivity contribution in [1.82, 2.24) is 19.7 Å². The van der Waals surface area contributed by atoms with Gasteiger partial charge in [-0.1, -0.05) is 41.6 Å². The van der Waals surface area contributed by atoms with Crippen LogP contribution in [0.2, 0.25) is 5.02 Å². The molecule has 0 bridgehead atoms. The molecule has 0 unspecified atom stereocenters. The Hall–Kier alpha value is -4.06. The summed E-state index contributed by atoms with van der Waals surface area (Å²) >= 11 is 7.44. The number of nitrogens with zero attached hydrogens (tertiary/aromatic N) is 4. The zero-order chi connectivity index (χ0) is 24.4. The first-order chi connectivity index (χ1) is 17.0. The number of aromatic nitrogens is 4. The summed E-state index contributed by atoms with van der Waals surface area (Å²) in [5.74, 6) is 0.478. The van der Waals surface area contributed by atoms with Gasteiger partial charge in [0.05, 0.1) is 16.9 Å². The Balaban J connectivity index is 1.48. The minimum atomic E-state index is -0.461. The Morgan fingerprint density at radius 3 is 2.57 bits per heavy atom. The molecule has 0 spiro atoms. The zero-order valence-corrected chi connectivity index (χ0v) is 20.1. The van der Waals surface area contributed by atoms with E-state index in [-0.39, 0.29) is 5.91 Å². The molecule has 3 aromatic carbocycles. The van der Waals surface area contributed by atoms with Crippen LogP contribution in [-0.4, -0.2) is 30.9 Å². The number of nitriles is 1. The molecular weight excluding hydrogens is 480 g/mol. The summed E-state index contributed by atoms with van der Waals surface area (Å²) in [5.41, 5.74) is 3.90. The highest BCUT2D eigenvalue weighted by molar-refractivity contribution is 8.00. The standard InChI is InChI=1S/C26H19ClN6OS/c1-16(25(34)30-19-10-6-17(14-28)7-11-19)35-26-32-31-24(33(26)20-12-8-18(27)9-13-20)22-15-29-23-5-3-2-4-21(22)23/h2-13,15-16,29H,1H3,(H,30,34)/t16-/m1/s1. The number of amides is 1. The van der Waals surface area contributed by atoms with Crippen molar-refractivity contribution in [3.63, 3.8) is 0 Å². The van der Waals surface area contributed by atoms with Crippen LogP contribution in [0.5, 0.6) is 0 Å². The lowest BCUT2D eigenvalue weighted by Gasteiger charge is -2.14. The van der Waals surface area contributed by atoms with Crippen LogP contribution in [0.25, 0.3) is 28.0 Å². The molecule has 0 aliphatic rings. The predicted molar refractivity (Wildman–Crippen MR) is 139 cm³/mol. The number of nitrogens with one attached hydrogen (secondary N) is 2. The molecule has 2 N–H and O–H groups in total. The number of carbonyl (C=O) groups excluding carboxylic acids is 1. The minimum absolute atomic E-state index is 0.181. The molecule has 2 aromatic heterocycles. The maximum Gasteiger partial charge on any atom is 0.237 e. The first-order valence-electron chi connectivity index (χ1n) is 10.8. The van der Waals surface area contributed by atoms with Gasteiger partial charge in [-0.25, -0.2) is 0 Å². The lowest BCUT2D eigenvalue weighted by Crippen LogP contribution is -2.22. The molecule has 7 nitrogen and oxygen atoms in total. The van der Waals surface area contributed by atoms with Crippen molar-refractivity contribution in [2.75, 3.05) is 5.32 Å². The Labute approximate surface area is 210 Å². The molecule has 0 saturated carbocycles. The van der Waals surface area contributed by atoms with Gasteiger partial charge in [0.25, 0.3) is 0 Å². The van der Waals surface area contributed by atoms with Crippen molar-refractivity contribution < 1.29 is 4.79 Å². The second-order valence-electron chi connectivity index (χ2n) is 7.80. The fourth-order valence-corrected chi connectivity index (χ4v) is 4.68. The van der Waals surface area contributed by atoms with Gasteiger partial charge in [-0.3, -0.25) is 9.36 Å². The number of hydrogen-bond acceptors (Lipinski definition) is 5. The van der Waals surface area contributed by atoms with Gasteiger partial charge in [0, 0.05) is 39.1 Å². The molecule has 5 rings (SSSR count). The molecule has 9 heteroatoms. The van der Waals surface area contributed by atoms with Crippen molar-refractivity contribution >= 4 is 45.9 Å². The number of thioether (sulfide) groups is 1. The molecule has 0 fully saturated rings. The van der Waals surface area contributed by atoms with Crippen LogP contribution in [0.1, 0.15) is 12.5 Å². The second-order valence-corrected chi connectivity index (χ2v) is 9.55. The molecule has 0 aliphatic heterocycles. The highest BCUT2D eigenvalue weighted by atomic mass is 35.5. The summed E-state index contributed by atoms with van der Waals surface area (Å²) in [6.07, 6.45) is 1.91. The number of para-hydroxylation sites is 1. The Kier molecular flexibility index (Phi) is 6.27. The van der Waals surface area contributed by atoms with E-state index in [0.29, 0.717) is 27.3 Å². The first kappa shape index (κ1) is 22.7. The van der Waals surface area contributed by atoms with Gasteiger partial charge in [0.2, 0.25) is 5.91 Å². The van der Waals surface area contributed by atoms with Gasteiger partial charge in [0.15, 0.2) is 11.0 Å². The summed E-state index contributed by atoms with van der Waals surface area (Å²) in [4.78, 5) is 16.2.